The van der Waals surface area contributed by atoms with Gasteiger partial charge in [0.2, 0.25) is 0 Å². The molecule has 0 amide bonds. The summed E-state index contributed by atoms with van der Waals surface area (Å²) in [7, 11) is 0. The third-order valence-corrected chi connectivity index (χ3v) is 6.87. The number of thioether (sulfide) groups is 1. The lowest BCUT2D eigenvalue weighted by atomic mass is 9.77. The Morgan fingerprint density at radius 1 is 0.815 bits per heavy atom. The van der Waals surface area contributed by atoms with Gasteiger partial charge in [0.25, 0.3) is 0 Å². The van der Waals surface area contributed by atoms with Crippen LogP contribution in [0.4, 0.5) is 5.69 Å². The Balaban J connectivity index is 1.56. The second-order valence-corrected chi connectivity index (χ2v) is 8.35. The predicted molar refractivity (Wildman–Crippen MR) is 115 cm³/mol. The second-order valence-electron chi connectivity index (χ2n) is 7.22. The molecule has 3 aromatic rings. The number of hydrogen-bond acceptors (Lipinski definition) is 3. The van der Waals surface area contributed by atoms with Crippen LogP contribution in [0, 0.1) is 5.92 Å². The highest BCUT2D eigenvalue weighted by molar-refractivity contribution is 8.14. The summed E-state index contributed by atoms with van der Waals surface area (Å²) in [5.41, 5.74) is 5.36. The second kappa shape index (κ2) is 7.24. The Morgan fingerprint density at radius 3 is 2.33 bits per heavy atom. The number of fused-ring (bicyclic) bond motifs is 3. The van der Waals surface area contributed by atoms with E-state index >= 15 is 0 Å². The molecule has 3 heteroatoms. The molecule has 1 aliphatic heterocycles. The average Bonchev–Trinajstić information content (AvgIpc) is 2.74. The van der Waals surface area contributed by atoms with Crippen molar-refractivity contribution in [3.8, 4) is 0 Å². The van der Waals surface area contributed by atoms with Crippen LogP contribution in [0.25, 0.3) is 0 Å². The lowest BCUT2D eigenvalue weighted by Crippen LogP contribution is -2.30. The normalized spacial score (nSPS) is 23.7. The molecule has 0 unspecified atom stereocenters. The molecule has 3 atom stereocenters. The fourth-order valence-corrected chi connectivity index (χ4v) is 5.62. The van der Waals surface area contributed by atoms with Crippen molar-refractivity contribution < 1.29 is 0 Å². The molecule has 0 saturated heterocycles. The van der Waals surface area contributed by atoms with Gasteiger partial charge in [-0.25, -0.2) is 0 Å². The highest BCUT2D eigenvalue weighted by atomic mass is 32.2. The van der Waals surface area contributed by atoms with E-state index in [2.05, 4.69) is 84.2 Å². The first-order valence-corrected chi connectivity index (χ1v) is 10.5. The molecule has 134 valence electrons. The van der Waals surface area contributed by atoms with Crippen molar-refractivity contribution in [2.24, 2.45) is 10.9 Å². The summed E-state index contributed by atoms with van der Waals surface area (Å²) in [5, 5.41) is 5.00. The summed E-state index contributed by atoms with van der Waals surface area (Å²) >= 11 is 1.88. The monoisotopic (exact) mass is 370 g/mol. The molecule has 1 N–H and O–H groups in total. The summed E-state index contributed by atoms with van der Waals surface area (Å²) in [6.07, 6.45) is 2.34. The molecule has 5 rings (SSSR count). The molecule has 1 heterocycles. The van der Waals surface area contributed by atoms with Crippen LogP contribution >= 0.6 is 11.8 Å². The number of benzene rings is 3. The number of anilines is 1. The Hall–Kier alpha value is -2.52. The number of rotatable bonds is 2. The van der Waals surface area contributed by atoms with Gasteiger partial charge in [0.05, 0.1) is 6.04 Å². The zero-order chi connectivity index (χ0) is 18.1. The van der Waals surface area contributed by atoms with Gasteiger partial charge in [-0.05, 0) is 41.7 Å². The molecule has 0 aromatic heterocycles. The van der Waals surface area contributed by atoms with Crippen LogP contribution in [0.2, 0.25) is 0 Å². The Labute approximate surface area is 164 Å². The predicted octanol–water partition coefficient (Wildman–Crippen LogP) is 6.25. The molecule has 0 bridgehead atoms. The van der Waals surface area contributed by atoms with Crippen molar-refractivity contribution >= 4 is 22.6 Å². The Bertz CT molecular complexity index is 952. The molecule has 2 aliphatic rings. The van der Waals surface area contributed by atoms with Gasteiger partial charge in [-0.15, -0.1) is 0 Å². The van der Waals surface area contributed by atoms with E-state index < -0.39 is 0 Å². The summed E-state index contributed by atoms with van der Waals surface area (Å²) < 4.78 is 0. The number of aliphatic imine (C=N–C) groups is 1. The Kier molecular flexibility index (Phi) is 4.46. The maximum atomic E-state index is 5.18. The fourth-order valence-electron chi connectivity index (χ4n) is 4.27. The topological polar surface area (TPSA) is 24.4 Å². The van der Waals surface area contributed by atoms with Gasteiger partial charge in [-0.3, -0.25) is 4.99 Å². The van der Waals surface area contributed by atoms with Gasteiger partial charge < -0.3 is 5.32 Å². The molecular formula is C24H22N2S. The van der Waals surface area contributed by atoms with E-state index in [-0.39, 0.29) is 6.04 Å². The highest BCUT2D eigenvalue weighted by Crippen LogP contribution is 2.52. The van der Waals surface area contributed by atoms with Crippen LogP contribution in [0.3, 0.4) is 0 Å². The van der Waals surface area contributed by atoms with Crippen LogP contribution in [0.5, 0.6) is 0 Å². The molecule has 2 nitrogen and oxygen atoms in total. The van der Waals surface area contributed by atoms with E-state index in [1.54, 1.807) is 0 Å². The van der Waals surface area contributed by atoms with Crippen molar-refractivity contribution in [3.05, 3.63) is 102 Å². The Morgan fingerprint density at radius 2 is 1.52 bits per heavy atom. The smallest absolute Gasteiger partial charge is 0.162 e. The van der Waals surface area contributed by atoms with E-state index in [0.29, 0.717) is 11.2 Å². The number of nitrogens with one attached hydrogen (secondary N) is 1. The molecule has 0 fully saturated rings. The minimum Gasteiger partial charge on any atom is -0.335 e. The molecule has 0 spiro atoms. The van der Waals surface area contributed by atoms with Gasteiger partial charge in [0.15, 0.2) is 5.17 Å². The van der Waals surface area contributed by atoms with Crippen LogP contribution < -0.4 is 5.32 Å². The van der Waals surface area contributed by atoms with Crippen LogP contribution in [0.15, 0.2) is 89.9 Å². The first kappa shape index (κ1) is 16.6. The van der Waals surface area contributed by atoms with Crippen molar-refractivity contribution in [1.82, 2.24) is 0 Å². The molecule has 27 heavy (non-hydrogen) atoms. The zero-order valence-corrected chi connectivity index (χ0v) is 15.9. The van der Waals surface area contributed by atoms with Crippen molar-refractivity contribution in [3.63, 3.8) is 0 Å². The summed E-state index contributed by atoms with van der Waals surface area (Å²) in [4.78, 5) is 5.18. The lowest BCUT2D eigenvalue weighted by molar-refractivity contribution is 0.369. The third-order valence-electron chi connectivity index (χ3n) is 5.56. The number of aryl methyl sites for hydroxylation is 1. The average molecular weight is 371 g/mol. The quantitative estimate of drug-likeness (QED) is 0.577. The zero-order valence-electron chi connectivity index (χ0n) is 15.1. The number of amidine groups is 1. The van der Waals surface area contributed by atoms with E-state index in [1.165, 1.54) is 23.1 Å². The maximum Gasteiger partial charge on any atom is 0.162 e. The summed E-state index contributed by atoms with van der Waals surface area (Å²) in [5.74, 6) is 0.536. The van der Waals surface area contributed by atoms with Crippen molar-refractivity contribution in [2.75, 3.05) is 5.32 Å². The summed E-state index contributed by atoms with van der Waals surface area (Å²) in [6.45, 7) is 0. The van der Waals surface area contributed by atoms with Crippen LogP contribution in [-0.4, -0.2) is 5.17 Å². The van der Waals surface area contributed by atoms with E-state index in [1.807, 2.05) is 17.8 Å². The third kappa shape index (κ3) is 3.28. The van der Waals surface area contributed by atoms with E-state index in [9.17, 15) is 0 Å². The maximum absolute atomic E-state index is 5.18. The first-order chi connectivity index (χ1) is 13.4. The van der Waals surface area contributed by atoms with Crippen molar-refractivity contribution in [1.29, 1.82) is 0 Å². The number of para-hydroxylation sites is 1. The first-order valence-electron chi connectivity index (χ1n) is 9.58. The SMILES string of the molecule is c1ccc(NC2=N[C@H]3c4ccccc4CC[C@@H]3[C@@H](c3ccccc3)S2)cc1. The van der Waals surface area contributed by atoms with Crippen LogP contribution in [0.1, 0.15) is 34.4 Å². The van der Waals surface area contributed by atoms with E-state index in [0.717, 1.165) is 17.3 Å². The minimum absolute atomic E-state index is 0.229. The van der Waals surface area contributed by atoms with Crippen LogP contribution in [-0.2, 0) is 6.42 Å². The van der Waals surface area contributed by atoms with Crippen molar-refractivity contribution in [2.45, 2.75) is 24.1 Å². The number of nitrogens with zero attached hydrogens (tertiary/aromatic N) is 1. The largest absolute Gasteiger partial charge is 0.335 e. The molecule has 3 aromatic carbocycles. The minimum atomic E-state index is 0.229. The molecule has 0 radical (unpaired) electrons. The fraction of sp³-hybridized carbons (Fsp3) is 0.208. The summed E-state index contributed by atoms with van der Waals surface area (Å²) in [6, 6.07) is 30.4. The van der Waals surface area contributed by atoms with Gasteiger partial charge in [0, 0.05) is 16.9 Å². The molecular weight excluding hydrogens is 348 g/mol. The number of hydrogen-bond donors (Lipinski definition) is 1. The van der Waals surface area contributed by atoms with E-state index in [4.69, 9.17) is 4.99 Å². The lowest BCUT2D eigenvalue weighted by Gasteiger charge is -2.40. The standard InChI is InChI=1S/C24H22N2S/c1-3-10-18(11-4-1)23-21-16-15-17-9-7-8-14-20(17)22(21)26-24(27-23)25-19-12-5-2-6-13-19/h1-14,21-23H,15-16H2,(H,25,26)/t21-,22-,23+/m0/s1. The highest BCUT2D eigenvalue weighted by Gasteiger charge is 2.40. The molecule has 0 saturated carbocycles. The van der Waals surface area contributed by atoms with Gasteiger partial charge in [-0.1, -0.05) is 84.6 Å². The van der Waals surface area contributed by atoms with Gasteiger partial charge >= 0.3 is 0 Å². The van der Waals surface area contributed by atoms with Gasteiger partial charge in [0.1, 0.15) is 0 Å². The van der Waals surface area contributed by atoms with Gasteiger partial charge in [-0.2, -0.15) is 0 Å². The molecule has 1 aliphatic carbocycles.